The Morgan fingerprint density at radius 3 is 1.75 bits per heavy atom. The quantitative estimate of drug-likeness (QED) is 0.201. The molecule has 0 radical (unpaired) electrons. The maximum absolute atomic E-state index is 6.39. The summed E-state index contributed by atoms with van der Waals surface area (Å²) >= 11 is 0. The van der Waals surface area contributed by atoms with Gasteiger partial charge in [-0.2, -0.15) is 0 Å². The SMILES string of the molecule is c1ccc(-c2ccc3ccc4c(-c5ccc6oc(-c7ccc8oc9ccccc9c8c7)cc6c5)ccc5ccc2c3c54)cc1. The lowest BCUT2D eigenvalue weighted by molar-refractivity contribution is 0.631. The van der Waals surface area contributed by atoms with Crippen LogP contribution < -0.4 is 0 Å². The van der Waals surface area contributed by atoms with E-state index in [1.165, 1.54) is 54.6 Å². The largest absolute Gasteiger partial charge is 0.456 e. The summed E-state index contributed by atoms with van der Waals surface area (Å²) < 4.78 is 12.4. The number of fused-ring (bicyclic) bond motifs is 4. The molecule has 0 N–H and O–H groups in total. The summed E-state index contributed by atoms with van der Waals surface area (Å²) in [6.07, 6.45) is 0. The van der Waals surface area contributed by atoms with Gasteiger partial charge in [0.05, 0.1) is 0 Å². The molecule has 0 aliphatic carbocycles. The van der Waals surface area contributed by atoms with E-state index in [1.54, 1.807) is 0 Å². The van der Waals surface area contributed by atoms with Crippen LogP contribution in [-0.2, 0) is 0 Å². The van der Waals surface area contributed by atoms with Crippen molar-refractivity contribution in [3.63, 3.8) is 0 Å². The lowest BCUT2D eigenvalue weighted by Crippen LogP contribution is -1.89. The summed E-state index contributed by atoms with van der Waals surface area (Å²) in [7, 11) is 0. The van der Waals surface area contributed by atoms with Crippen LogP contribution in [0.25, 0.3) is 98.8 Å². The van der Waals surface area contributed by atoms with Crippen LogP contribution in [0, 0.1) is 0 Å². The third-order valence-corrected chi connectivity index (χ3v) is 9.24. The van der Waals surface area contributed by atoms with Crippen molar-refractivity contribution in [2.45, 2.75) is 0 Å². The molecule has 0 saturated carbocycles. The van der Waals surface area contributed by atoms with Crippen LogP contribution >= 0.6 is 0 Å². The van der Waals surface area contributed by atoms with Gasteiger partial charge in [0.2, 0.25) is 0 Å². The molecule has 0 saturated heterocycles. The monoisotopic (exact) mass is 560 g/mol. The normalized spacial score (nSPS) is 12.1. The molecule has 0 unspecified atom stereocenters. The highest BCUT2D eigenvalue weighted by Crippen LogP contribution is 2.43. The predicted molar refractivity (Wildman–Crippen MR) is 184 cm³/mol. The molecule has 2 heterocycles. The molecule has 2 heteroatoms. The standard InChI is InChI=1S/C42H24O2/c1-2-6-25(7-3-1)31-16-10-26-13-19-35-32(17-11-27-12-18-34(31)41(26)42(27)35)28-14-20-37-30(22-28)24-40(43-37)29-15-21-39-36(23-29)33-8-4-5-9-38(33)44-39/h1-24H. The van der Waals surface area contributed by atoms with Gasteiger partial charge in [0.25, 0.3) is 0 Å². The highest BCUT2D eigenvalue weighted by molar-refractivity contribution is 6.27. The lowest BCUT2D eigenvalue weighted by Gasteiger charge is -2.16. The highest BCUT2D eigenvalue weighted by Gasteiger charge is 2.16. The Balaban J connectivity index is 1.13. The van der Waals surface area contributed by atoms with Crippen LogP contribution in [0.15, 0.2) is 154 Å². The van der Waals surface area contributed by atoms with Crippen LogP contribution in [0.1, 0.15) is 0 Å². The number of furan rings is 2. The third-order valence-electron chi connectivity index (χ3n) is 9.24. The zero-order valence-corrected chi connectivity index (χ0v) is 23.7. The van der Waals surface area contributed by atoms with Crippen LogP contribution in [0.3, 0.4) is 0 Å². The maximum Gasteiger partial charge on any atom is 0.135 e. The summed E-state index contributed by atoms with van der Waals surface area (Å²) in [6, 6.07) is 52.0. The van der Waals surface area contributed by atoms with E-state index in [0.29, 0.717) is 0 Å². The molecular weight excluding hydrogens is 536 g/mol. The molecule has 8 aromatic carbocycles. The van der Waals surface area contributed by atoms with Crippen molar-refractivity contribution < 1.29 is 8.83 Å². The molecule has 0 fully saturated rings. The molecule has 0 bridgehead atoms. The Morgan fingerprint density at radius 2 is 0.955 bits per heavy atom. The Labute approximate surface area is 252 Å². The van der Waals surface area contributed by atoms with Crippen molar-refractivity contribution >= 4 is 65.2 Å². The van der Waals surface area contributed by atoms with Crippen LogP contribution in [0.2, 0.25) is 0 Å². The van der Waals surface area contributed by atoms with Gasteiger partial charge in [-0.05, 0) is 97.0 Å². The molecule has 0 atom stereocenters. The van der Waals surface area contributed by atoms with E-state index < -0.39 is 0 Å². The van der Waals surface area contributed by atoms with Gasteiger partial charge in [0, 0.05) is 21.7 Å². The Hall–Kier alpha value is -5.86. The van der Waals surface area contributed by atoms with Crippen molar-refractivity contribution in [1.29, 1.82) is 0 Å². The fraction of sp³-hybridized carbons (Fsp3) is 0. The van der Waals surface area contributed by atoms with E-state index in [0.717, 1.165) is 44.2 Å². The van der Waals surface area contributed by atoms with Crippen LogP contribution in [-0.4, -0.2) is 0 Å². The Morgan fingerprint density at radius 1 is 0.318 bits per heavy atom. The molecular formula is C42H24O2. The van der Waals surface area contributed by atoms with Gasteiger partial charge >= 0.3 is 0 Å². The van der Waals surface area contributed by atoms with Gasteiger partial charge in [0.15, 0.2) is 0 Å². The van der Waals surface area contributed by atoms with Crippen LogP contribution in [0.4, 0.5) is 0 Å². The lowest BCUT2D eigenvalue weighted by atomic mass is 9.87. The summed E-state index contributed by atoms with van der Waals surface area (Å²) in [4.78, 5) is 0. The van der Waals surface area contributed by atoms with E-state index >= 15 is 0 Å². The molecule has 0 spiro atoms. The van der Waals surface area contributed by atoms with E-state index in [1.807, 2.05) is 24.3 Å². The van der Waals surface area contributed by atoms with Gasteiger partial charge in [0.1, 0.15) is 22.5 Å². The van der Waals surface area contributed by atoms with Crippen molar-refractivity contribution in [1.82, 2.24) is 0 Å². The molecule has 204 valence electrons. The van der Waals surface area contributed by atoms with E-state index in [2.05, 4.69) is 121 Å². The molecule has 10 rings (SSSR count). The first kappa shape index (κ1) is 23.7. The fourth-order valence-electron chi connectivity index (χ4n) is 7.15. The third kappa shape index (κ3) is 3.37. The minimum Gasteiger partial charge on any atom is -0.456 e. The molecule has 0 amide bonds. The van der Waals surface area contributed by atoms with Gasteiger partial charge in [-0.1, -0.05) is 103 Å². The number of benzene rings is 8. The molecule has 0 aliphatic rings. The van der Waals surface area contributed by atoms with Gasteiger partial charge in [-0.25, -0.2) is 0 Å². The minimum absolute atomic E-state index is 0.855. The second kappa shape index (κ2) is 8.82. The average molecular weight is 561 g/mol. The van der Waals surface area contributed by atoms with Gasteiger partial charge in [-0.15, -0.1) is 0 Å². The first-order valence-corrected chi connectivity index (χ1v) is 15.0. The summed E-state index contributed by atoms with van der Waals surface area (Å²) in [6.45, 7) is 0. The predicted octanol–water partition coefficient (Wildman–Crippen LogP) is 12.2. The minimum atomic E-state index is 0.855. The summed E-state index contributed by atoms with van der Waals surface area (Å²) in [5, 5.41) is 11.1. The number of hydrogen-bond acceptors (Lipinski definition) is 2. The topological polar surface area (TPSA) is 26.3 Å². The van der Waals surface area contributed by atoms with Crippen molar-refractivity contribution in [2.75, 3.05) is 0 Å². The highest BCUT2D eigenvalue weighted by atomic mass is 16.3. The molecule has 2 aromatic heterocycles. The van der Waals surface area contributed by atoms with E-state index in [4.69, 9.17) is 8.83 Å². The first-order chi connectivity index (χ1) is 21.8. The fourth-order valence-corrected chi connectivity index (χ4v) is 7.15. The van der Waals surface area contributed by atoms with Crippen molar-refractivity contribution in [2.24, 2.45) is 0 Å². The number of para-hydroxylation sites is 1. The average Bonchev–Trinajstić information content (AvgIpc) is 3.68. The Bertz CT molecular complexity index is 2710. The second-order valence-electron chi connectivity index (χ2n) is 11.7. The number of hydrogen-bond donors (Lipinski definition) is 0. The zero-order chi connectivity index (χ0) is 28.8. The smallest absolute Gasteiger partial charge is 0.135 e. The zero-order valence-electron chi connectivity index (χ0n) is 23.7. The van der Waals surface area contributed by atoms with E-state index in [-0.39, 0.29) is 0 Å². The first-order valence-electron chi connectivity index (χ1n) is 15.0. The molecule has 2 nitrogen and oxygen atoms in total. The van der Waals surface area contributed by atoms with Gasteiger partial charge < -0.3 is 8.83 Å². The number of rotatable bonds is 3. The molecule has 0 aliphatic heterocycles. The van der Waals surface area contributed by atoms with Crippen molar-refractivity contribution in [3.05, 3.63) is 146 Å². The second-order valence-corrected chi connectivity index (χ2v) is 11.7. The van der Waals surface area contributed by atoms with Gasteiger partial charge in [-0.3, -0.25) is 0 Å². The van der Waals surface area contributed by atoms with Crippen LogP contribution in [0.5, 0.6) is 0 Å². The molecule has 10 aromatic rings. The summed E-state index contributed by atoms with van der Waals surface area (Å²) in [5.41, 5.74) is 8.63. The Kier molecular flexibility index (Phi) is 4.75. The summed E-state index contributed by atoms with van der Waals surface area (Å²) in [5.74, 6) is 0.855. The molecule has 44 heavy (non-hydrogen) atoms. The van der Waals surface area contributed by atoms with Crippen molar-refractivity contribution in [3.8, 4) is 33.6 Å². The maximum atomic E-state index is 6.39. The van der Waals surface area contributed by atoms with E-state index in [9.17, 15) is 0 Å².